The lowest BCUT2D eigenvalue weighted by atomic mass is 9.88. The SMILES string of the molecule is CN1CCN(C(=O)c2ccc(NC(=O)C3CCCCC3)cc2)CC1. The molecule has 5 nitrogen and oxygen atoms in total. The van der Waals surface area contributed by atoms with Crippen LogP contribution in [0.1, 0.15) is 42.5 Å². The maximum absolute atomic E-state index is 12.5. The van der Waals surface area contributed by atoms with Crippen molar-refractivity contribution in [2.24, 2.45) is 5.92 Å². The fraction of sp³-hybridized carbons (Fsp3) is 0.579. The third-order valence-corrected chi connectivity index (χ3v) is 5.17. The molecule has 1 N–H and O–H groups in total. The van der Waals surface area contributed by atoms with Crippen molar-refractivity contribution in [1.29, 1.82) is 0 Å². The standard InChI is InChI=1S/C19H27N3O2/c1-21-11-13-22(14-12-21)19(24)16-7-9-17(10-8-16)20-18(23)15-5-3-2-4-6-15/h7-10,15H,2-6,11-14H2,1H3,(H,20,23). The van der Waals surface area contributed by atoms with Crippen molar-refractivity contribution < 1.29 is 9.59 Å². The van der Waals surface area contributed by atoms with Gasteiger partial charge in [0.15, 0.2) is 0 Å². The summed E-state index contributed by atoms with van der Waals surface area (Å²) in [6, 6.07) is 7.31. The molecule has 2 aliphatic rings. The Hall–Kier alpha value is -1.88. The summed E-state index contributed by atoms with van der Waals surface area (Å²) in [5.74, 6) is 0.339. The maximum Gasteiger partial charge on any atom is 0.253 e. The van der Waals surface area contributed by atoms with Crippen LogP contribution in [-0.2, 0) is 4.79 Å². The van der Waals surface area contributed by atoms with Crippen molar-refractivity contribution in [2.45, 2.75) is 32.1 Å². The van der Waals surface area contributed by atoms with Gasteiger partial charge in [-0.25, -0.2) is 0 Å². The van der Waals surface area contributed by atoms with Gasteiger partial charge in [0, 0.05) is 43.3 Å². The van der Waals surface area contributed by atoms with Crippen molar-refractivity contribution in [1.82, 2.24) is 9.80 Å². The molecule has 1 aromatic rings. The fourth-order valence-corrected chi connectivity index (χ4v) is 3.50. The van der Waals surface area contributed by atoms with Crippen LogP contribution < -0.4 is 5.32 Å². The molecule has 1 aliphatic carbocycles. The Bertz CT molecular complexity index is 571. The predicted octanol–water partition coefficient (Wildman–Crippen LogP) is 2.59. The number of benzene rings is 1. The molecule has 2 amide bonds. The molecule has 3 rings (SSSR count). The second-order valence-corrected chi connectivity index (χ2v) is 7.00. The van der Waals surface area contributed by atoms with Crippen LogP contribution in [0, 0.1) is 5.92 Å². The second-order valence-electron chi connectivity index (χ2n) is 7.00. The van der Waals surface area contributed by atoms with Gasteiger partial charge < -0.3 is 15.1 Å². The van der Waals surface area contributed by atoms with E-state index < -0.39 is 0 Å². The Balaban J connectivity index is 1.56. The van der Waals surface area contributed by atoms with Crippen molar-refractivity contribution in [3.63, 3.8) is 0 Å². The van der Waals surface area contributed by atoms with E-state index in [2.05, 4.69) is 17.3 Å². The summed E-state index contributed by atoms with van der Waals surface area (Å²) in [5, 5.41) is 2.99. The van der Waals surface area contributed by atoms with Gasteiger partial charge in [-0.3, -0.25) is 9.59 Å². The number of carbonyl (C=O) groups excluding carboxylic acids is 2. The van der Waals surface area contributed by atoms with E-state index in [1.165, 1.54) is 6.42 Å². The quantitative estimate of drug-likeness (QED) is 0.927. The molecular formula is C19H27N3O2. The number of carbonyl (C=O) groups is 2. The van der Waals surface area contributed by atoms with Crippen LogP contribution in [0.2, 0.25) is 0 Å². The second kappa shape index (κ2) is 7.79. The summed E-state index contributed by atoms with van der Waals surface area (Å²) >= 11 is 0. The number of anilines is 1. The Labute approximate surface area is 144 Å². The molecule has 0 aromatic heterocycles. The molecule has 24 heavy (non-hydrogen) atoms. The maximum atomic E-state index is 12.5. The van der Waals surface area contributed by atoms with Gasteiger partial charge in [0.1, 0.15) is 0 Å². The summed E-state index contributed by atoms with van der Waals surface area (Å²) in [5.41, 5.74) is 1.47. The number of nitrogens with one attached hydrogen (secondary N) is 1. The van der Waals surface area contributed by atoms with Crippen molar-refractivity contribution in [3.8, 4) is 0 Å². The zero-order valence-corrected chi connectivity index (χ0v) is 14.5. The van der Waals surface area contributed by atoms with Gasteiger partial charge in [0.2, 0.25) is 5.91 Å². The number of likely N-dealkylation sites (N-methyl/N-ethyl adjacent to an activating group) is 1. The molecular weight excluding hydrogens is 302 g/mol. The number of piperazine rings is 1. The van der Waals surface area contributed by atoms with Gasteiger partial charge >= 0.3 is 0 Å². The minimum Gasteiger partial charge on any atom is -0.336 e. The summed E-state index contributed by atoms with van der Waals surface area (Å²) in [6.07, 6.45) is 5.53. The lowest BCUT2D eigenvalue weighted by molar-refractivity contribution is -0.120. The van der Waals surface area contributed by atoms with Crippen molar-refractivity contribution in [3.05, 3.63) is 29.8 Å². The topological polar surface area (TPSA) is 52.6 Å². The average Bonchev–Trinajstić information content (AvgIpc) is 2.63. The van der Waals surface area contributed by atoms with Crippen LogP contribution >= 0.6 is 0 Å². The number of amides is 2. The van der Waals surface area contributed by atoms with E-state index in [1.54, 1.807) is 0 Å². The monoisotopic (exact) mass is 329 g/mol. The normalized spacial score (nSPS) is 20.0. The lowest BCUT2D eigenvalue weighted by Gasteiger charge is -2.32. The van der Waals surface area contributed by atoms with Gasteiger partial charge in [-0.15, -0.1) is 0 Å². The first-order valence-corrected chi connectivity index (χ1v) is 9.02. The van der Waals surface area contributed by atoms with Gasteiger partial charge in [0.25, 0.3) is 5.91 Å². The van der Waals surface area contributed by atoms with E-state index >= 15 is 0 Å². The zero-order valence-electron chi connectivity index (χ0n) is 14.5. The number of rotatable bonds is 3. The highest BCUT2D eigenvalue weighted by atomic mass is 16.2. The number of hydrogen-bond donors (Lipinski definition) is 1. The molecule has 130 valence electrons. The summed E-state index contributed by atoms with van der Waals surface area (Å²) in [7, 11) is 2.08. The van der Waals surface area contributed by atoms with Crippen LogP contribution in [0.15, 0.2) is 24.3 Å². The Morgan fingerprint density at radius 1 is 0.958 bits per heavy atom. The zero-order chi connectivity index (χ0) is 16.9. The minimum absolute atomic E-state index is 0.0771. The first-order chi connectivity index (χ1) is 11.6. The van der Waals surface area contributed by atoms with Crippen molar-refractivity contribution >= 4 is 17.5 Å². The molecule has 1 heterocycles. The van der Waals surface area contributed by atoms with E-state index in [-0.39, 0.29) is 17.7 Å². The predicted molar refractivity (Wildman–Crippen MR) is 95.0 cm³/mol. The highest BCUT2D eigenvalue weighted by Crippen LogP contribution is 2.25. The smallest absolute Gasteiger partial charge is 0.253 e. The van der Waals surface area contributed by atoms with E-state index in [4.69, 9.17) is 0 Å². The van der Waals surface area contributed by atoms with E-state index in [0.29, 0.717) is 5.56 Å². The van der Waals surface area contributed by atoms with Crippen LogP contribution in [0.3, 0.4) is 0 Å². The van der Waals surface area contributed by atoms with Crippen LogP contribution in [0.25, 0.3) is 0 Å². The molecule has 0 radical (unpaired) electrons. The molecule has 1 saturated heterocycles. The average molecular weight is 329 g/mol. The Morgan fingerprint density at radius 2 is 1.58 bits per heavy atom. The molecule has 0 atom stereocenters. The molecule has 5 heteroatoms. The van der Waals surface area contributed by atoms with Crippen LogP contribution in [0.4, 0.5) is 5.69 Å². The van der Waals surface area contributed by atoms with Gasteiger partial charge in [-0.2, -0.15) is 0 Å². The summed E-state index contributed by atoms with van der Waals surface area (Å²) < 4.78 is 0. The summed E-state index contributed by atoms with van der Waals surface area (Å²) in [6.45, 7) is 3.38. The molecule has 1 aromatic carbocycles. The van der Waals surface area contributed by atoms with E-state index in [9.17, 15) is 9.59 Å². The minimum atomic E-state index is 0.0771. The largest absolute Gasteiger partial charge is 0.336 e. The molecule has 1 aliphatic heterocycles. The van der Waals surface area contributed by atoms with Gasteiger partial charge in [0.05, 0.1) is 0 Å². The highest BCUT2D eigenvalue weighted by molar-refractivity contribution is 5.96. The van der Waals surface area contributed by atoms with E-state index in [0.717, 1.165) is 57.5 Å². The lowest BCUT2D eigenvalue weighted by Crippen LogP contribution is -2.47. The number of hydrogen-bond acceptors (Lipinski definition) is 3. The molecule has 0 unspecified atom stereocenters. The molecule has 1 saturated carbocycles. The Morgan fingerprint density at radius 3 is 2.21 bits per heavy atom. The molecule has 0 bridgehead atoms. The van der Waals surface area contributed by atoms with E-state index in [1.807, 2.05) is 29.2 Å². The first-order valence-electron chi connectivity index (χ1n) is 9.02. The van der Waals surface area contributed by atoms with Crippen LogP contribution in [0.5, 0.6) is 0 Å². The molecule has 0 spiro atoms. The van der Waals surface area contributed by atoms with Gasteiger partial charge in [-0.05, 0) is 44.2 Å². The Kier molecular flexibility index (Phi) is 5.51. The number of nitrogens with zero attached hydrogens (tertiary/aromatic N) is 2. The third kappa shape index (κ3) is 4.15. The van der Waals surface area contributed by atoms with Crippen LogP contribution in [-0.4, -0.2) is 54.8 Å². The van der Waals surface area contributed by atoms with Gasteiger partial charge in [-0.1, -0.05) is 19.3 Å². The van der Waals surface area contributed by atoms with Crippen molar-refractivity contribution in [2.75, 3.05) is 38.5 Å². The summed E-state index contributed by atoms with van der Waals surface area (Å²) in [4.78, 5) is 28.9. The first kappa shape index (κ1) is 17.0. The fourth-order valence-electron chi connectivity index (χ4n) is 3.50. The third-order valence-electron chi connectivity index (χ3n) is 5.17. The highest BCUT2D eigenvalue weighted by Gasteiger charge is 2.22. The molecule has 2 fully saturated rings.